The molecule has 0 spiro atoms. The van der Waals surface area contributed by atoms with Gasteiger partial charge in [0.2, 0.25) is 5.91 Å². The summed E-state index contributed by atoms with van der Waals surface area (Å²) in [6.45, 7) is 2.18. The van der Waals surface area contributed by atoms with E-state index in [2.05, 4.69) is 5.32 Å². The number of rotatable bonds is 5. The molecule has 0 radical (unpaired) electrons. The molecule has 1 saturated carbocycles. The van der Waals surface area contributed by atoms with Crippen LogP contribution in [0.1, 0.15) is 25.3 Å². The van der Waals surface area contributed by atoms with E-state index >= 15 is 0 Å². The molecular weight excluding hydrogens is 368 g/mol. The van der Waals surface area contributed by atoms with Crippen molar-refractivity contribution in [3.05, 3.63) is 63.5 Å². The number of methoxy groups -OCH3 is 1. The molecular formula is C20H21ClN2O4. The van der Waals surface area contributed by atoms with Gasteiger partial charge in [-0.25, -0.2) is 0 Å². The molecule has 1 aliphatic carbocycles. The molecule has 0 aliphatic heterocycles. The molecule has 1 heterocycles. The van der Waals surface area contributed by atoms with Crippen LogP contribution in [0.25, 0.3) is 0 Å². The number of anilines is 1. The van der Waals surface area contributed by atoms with Gasteiger partial charge >= 0.3 is 5.97 Å². The van der Waals surface area contributed by atoms with E-state index in [0.717, 1.165) is 5.56 Å². The molecule has 142 valence electrons. The molecule has 7 heteroatoms. The van der Waals surface area contributed by atoms with E-state index in [1.165, 1.54) is 17.7 Å². The zero-order valence-electron chi connectivity index (χ0n) is 15.2. The zero-order valence-corrected chi connectivity index (χ0v) is 16.0. The second kappa shape index (κ2) is 7.56. The van der Waals surface area contributed by atoms with E-state index in [-0.39, 0.29) is 23.4 Å². The summed E-state index contributed by atoms with van der Waals surface area (Å²) in [6, 6.07) is 10.2. The standard InChI is InChI=1S/C20H21ClN2O4/c1-20(19(26)27-2)9-14(10-20)18(25)22-16-7-8-17(24)23(12-16)11-13-3-5-15(21)6-4-13/h3-8,12,14H,9-11H2,1-2H3,(H,22,25). The quantitative estimate of drug-likeness (QED) is 0.798. The van der Waals surface area contributed by atoms with Crippen LogP contribution in [0.5, 0.6) is 0 Å². The summed E-state index contributed by atoms with van der Waals surface area (Å²) in [5.41, 5.74) is 0.715. The van der Waals surface area contributed by atoms with E-state index in [4.69, 9.17) is 16.3 Å². The highest BCUT2D eigenvalue weighted by molar-refractivity contribution is 6.30. The Bertz CT molecular complexity index is 914. The number of hydrogen-bond acceptors (Lipinski definition) is 4. The van der Waals surface area contributed by atoms with Gasteiger partial charge in [-0.2, -0.15) is 0 Å². The number of carbonyl (C=O) groups excluding carboxylic acids is 2. The number of benzene rings is 1. The van der Waals surface area contributed by atoms with Crippen molar-refractivity contribution in [2.45, 2.75) is 26.3 Å². The number of pyridine rings is 1. The maximum Gasteiger partial charge on any atom is 0.311 e. The Balaban J connectivity index is 1.66. The minimum Gasteiger partial charge on any atom is -0.469 e. The molecule has 2 aromatic rings. The van der Waals surface area contributed by atoms with Crippen molar-refractivity contribution in [3.63, 3.8) is 0 Å². The molecule has 0 atom stereocenters. The van der Waals surface area contributed by atoms with E-state index in [1.807, 2.05) is 12.1 Å². The van der Waals surface area contributed by atoms with Gasteiger partial charge < -0.3 is 14.6 Å². The fraction of sp³-hybridized carbons (Fsp3) is 0.350. The predicted octanol–water partition coefficient (Wildman–Crippen LogP) is 3.08. The average Bonchev–Trinajstić information content (AvgIpc) is 2.62. The fourth-order valence-electron chi connectivity index (χ4n) is 3.39. The Morgan fingerprint density at radius 2 is 1.89 bits per heavy atom. The summed E-state index contributed by atoms with van der Waals surface area (Å²) < 4.78 is 6.31. The van der Waals surface area contributed by atoms with Crippen LogP contribution in [0.3, 0.4) is 0 Å². The minimum atomic E-state index is -0.593. The highest BCUT2D eigenvalue weighted by Crippen LogP contribution is 2.46. The Labute approximate surface area is 162 Å². The van der Waals surface area contributed by atoms with Crippen LogP contribution in [0.15, 0.2) is 47.4 Å². The van der Waals surface area contributed by atoms with Gasteiger partial charge in [0.25, 0.3) is 5.56 Å². The molecule has 0 unspecified atom stereocenters. The van der Waals surface area contributed by atoms with E-state index in [9.17, 15) is 14.4 Å². The van der Waals surface area contributed by atoms with Crippen molar-refractivity contribution >= 4 is 29.2 Å². The summed E-state index contributed by atoms with van der Waals surface area (Å²) in [7, 11) is 1.35. The first-order chi connectivity index (χ1) is 12.8. The number of nitrogens with zero attached hydrogens (tertiary/aromatic N) is 1. The molecule has 1 aromatic carbocycles. The van der Waals surface area contributed by atoms with E-state index < -0.39 is 5.41 Å². The maximum absolute atomic E-state index is 12.4. The third-order valence-corrected chi connectivity index (χ3v) is 5.21. The van der Waals surface area contributed by atoms with E-state index in [0.29, 0.717) is 30.1 Å². The summed E-state index contributed by atoms with van der Waals surface area (Å²) in [4.78, 5) is 36.2. The van der Waals surface area contributed by atoms with Crippen molar-refractivity contribution in [1.82, 2.24) is 4.57 Å². The molecule has 1 amide bonds. The van der Waals surface area contributed by atoms with Gasteiger partial charge in [-0.1, -0.05) is 23.7 Å². The fourth-order valence-corrected chi connectivity index (χ4v) is 3.51. The van der Waals surface area contributed by atoms with Crippen LogP contribution in [0.4, 0.5) is 5.69 Å². The monoisotopic (exact) mass is 388 g/mol. The highest BCUT2D eigenvalue weighted by atomic mass is 35.5. The van der Waals surface area contributed by atoms with Crippen LogP contribution in [-0.2, 0) is 20.9 Å². The first-order valence-electron chi connectivity index (χ1n) is 8.65. The van der Waals surface area contributed by atoms with Crippen molar-refractivity contribution in [2.24, 2.45) is 11.3 Å². The highest BCUT2D eigenvalue weighted by Gasteiger charge is 2.49. The Morgan fingerprint density at radius 3 is 2.52 bits per heavy atom. The Hall–Kier alpha value is -2.60. The first-order valence-corrected chi connectivity index (χ1v) is 9.03. The minimum absolute atomic E-state index is 0.159. The van der Waals surface area contributed by atoms with Crippen LogP contribution >= 0.6 is 11.6 Å². The molecule has 1 aromatic heterocycles. The van der Waals surface area contributed by atoms with Crippen LogP contribution < -0.4 is 10.9 Å². The molecule has 6 nitrogen and oxygen atoms in total. The smallest absolute Gasteiger partial charge is 0.311 e. The number of carbonyl (C=O) groups is 2. The number of aromatic nitrogens is 1. The number of esters is 1. The molecule has 27 heavy (non-hydrogen) atoms. The lowest BCUT2D eigenvalue weighted by atomic mass is 9.63. The third kappa shape index (κ3) is 4.22. The topological polar surface area (TPSA) is 77.4 Å². The average molecular weight is 389 g/mol. The molecule has 3 rings (SSSR count). The molecule has 0 saturated heterocycles. The second-order valence-electron chi connectivity index (χ2n) is 7.16. The maximum atomic E-state index is 12.4. The van der Waals surface area contributed by atoms with Crippen molar-refractivity contribution < 1.29 is 14.3 Å². The van der Waals surface area contributed by atoms with Crippen LogP contribution in [0, 0.1) is 11.3 Å². The summed E-state index contributed by atoms with van der Waals surface area (Å²) >= 11 is 5.88. The SMILES string of the molecule is COC(=O)C1(C)CC(C(=O)Nc2ccc(=O)n(Cc3ccc(Cl)cc3)c2)C1. The lowest BCUT2D eigenvalue weighted by molar-refractivity contribution is -0.161. The summed E-state index contributed by atoms with van der Waals surface area (Å²) in [5.74, 6) is -0.693. The largest absolute Gasteiger partial charge is 0.469 e. The summed E-state index contributed by atoms with van der Waals surface area (Å²) in [6.07, 6.45) is 2.53. The van der Waals surface area contributed by atoms with Crippen LogP contribution in [-0.4, -0.2) is 23.6 Å². The van der Waals surface area contributed by atoms with Crippen molar-refractivity contribution in [3.8, 4) is 0 Å². The molecule has 1 aliphatic rings. The number of nitrogens with one attached hydrogen (secondary N) is 1. The van der Waals surface area contributed by atoms with Gasteiger partial charge in [-0.05, 0) is 43.5 Å². The first kappa shape index (κ1) is 19.2. The predicted molar refractivity (Wildman–Crippen MR) is 103 cm³/mol. The van der Waals surface area contributed by atoms with Gasteiger partial charge in [-0.3, -0.25) is 14.4 Å². The summed E-state index contributed by atoms with van der Waals surface area (Å²) in [5, 5.41) is 3.46. The zero-order chi connectivity index (χ0) is 19.6. The van der Waals surface area contributed by atoms with Gasteiger partial charge in [0.1, 0.15) is 0 Å². The van der Waals surface area contributed by atoms with Crippen LogP contribution in [0.2, 0.25) is 5.02 Å². The second-order valence-corrected chi connectivity index (χ2v) is 7.59. The number of hydrogen-bond donors (Lipinski definition) is 1. The molecule has 1 N–H and O–H groups in total. The normalized spacial score (nSPS) is 21.2. The van der Waals surface area contributed by atoms with Gasteiger partial charge in [0.05, 0.1) is 24.8 Å². The van der Waals surface area contributed by atoms with Gasteiger partial charge in [0.15, 0.2) is 0 Å². The third-order valence-electron chi connectivity index (χ3n) is 4.96. The number of ether oxygens (including phenoxy) is 1. The van der Waals surface area contributed by atoms with Crippen molar-refractivity contribution in [1.29, 1.82) is 0 Å². The van der Waals surface area contributed by atoms with Crippen molar-refractivity contribution in [2.75, 3.05) is 12.4 Å². The lowest BCUT2D eigenvalue weighted by Crippen LogP contribution is -2.46. The number of halogens is 1. The van der Waals surface area contributed by atoms with E-state index in [1.54, 1.807) is 31.3 Å². The van der Waals surface area contributed by atoms with Gasteiger partial charge in [-0.15, -0.1) is 0 Å². The lowest BCUT2D eigenvalue weighted by Gasteiger charge is -2.41. The number of amides is 1. The Kier molecular flexibility index (Phi) is 5.37. The Morgan fingerprint density at radius 1 is 1.22 bits per heavy atom. The van der Waals surface area contributed by atoms with Gasteiger partial charge in [0, 0.05) is 23.2 Å². The molecule has 1 fully saturated rings. The molecule has 0 bridgehead atoms.